The van der Waals surface area contributed by atoms with Gasteiger partial charge in [-0.05, 0) is 64.2 Å². The zero-order chi connectivity index (χ0) is 22.9. The minimum absolute atomic E-state index is 0.0263. The Morgan fingerprint density at radius 1 is 1.13 bits per heavy atom. The molecular weight excluding hydrogens is 393 g/mol. The average Bonchev–Trinajstić information content (AvgIpc) is 2.58. The lowest BCUT2D eigenvalue weighted by Crippen LogP contribution is -2.42. The van der Waals surface area contributed by atoms with Crippen LogP contribution >= 0.6 is 0 Å². The van der Waals surface area contributed by atoms with Crippen LogP contribution < -0.4 is 21.5 Å². The molecule has 5 N–H and O–H groups in total. The topological polar surface area (TPSA) is 134 Å². The van der Waals surface area contributed by atoms with Crippen LogP contribution in [0.25, 0.3) is 0 Å². The van der Waals surface area contributed by atoms with Gasteiger partial charge in [-0.15, -0.1) is 0 Å². The predicted molar refractivity (Wildman–Crippen MR) is 110 cm³/mol. The van der Waals surface area contributed by atoms with Gasteiger partial charge in [-0.2, -0.15) is 0 Å². The first-order valence-corrected chi connectivity index (χ1v) is 9.85. The summed E-state index contributed by atoms with van der Waals surface area (Å²) in [7, 11) is 0. The van der Waals surface area contributed by atoms with E-state index >= 15 is 0 Å². The summed E-state index contributed by atoms with van der Waals surface area (Å²) in [4.78, 5) is 34.1. The number of alkyl carbamates (subject to hydrolysis) is 1. The molecule has 0 radical (unpaired) electrons. The van der Waals surface area contributed by atoms with Crippen LogP contribution in [-0.2, 0) is 20.7 Å². The van der Waals surface area contributed by atoms with Crippen LogP contribution in [0.3, 0.4) is 0 Å². The van der Waals surface area contributed by atoms with Crippen LogP contribution in [-0.4, -0.2) is 36.2 Å². The first-order valence-electron chi connectivity index (χ1n) is 9.85. The summed E-state index contributed by atoms with van der Waals surface area (Å²) in [6, 6.07) is 2.63. The van der Waals surface area contributed by atoms with Crippen LogP contribution in [0.5, 0.6) is 5.75 Å². The van der Waals surface area contributed by atoms with Crippen LogP contribution in [0.15, 0.2) is 12.1 Å². The van der Waals surface area contributed by atoms with Gasteiger partial charge < -0.3 is 26.3 Å². The molecule has 1 atom stereocenters. The van der Waals surface area contributed by atoms with E-state index in [0.29, 0.717) is 18.4 Å². The lowest BCUT2D eigenvalue weighted by molar-refractivity contribution is -0.119. The maximum atomic E-state index is 14.8. The highest BCUT2D eigenvalue weighted by molar-refractivity contribution is 5.74. The maximum absolute atomic E-state index is 14.8. The summed E-state index contributed by atoms with van der Waals surface area (Å²) in [6.07, 6.45) is 0.507. The summed E-state index contributed by atoms with van der Waals surface area (Å²) >= 11 is 0. The number of amides is 3. The molecule has 0 heterocycles. The molecule has 0 aliphatic rings. The van der Waals surface area contributed by atoms with E-state index in [1.165, 1.54) is 0 Å². The van der Waals surface area contributed by atoms with Gasteiger partial charge >= 0.3 is 6.09 Å². The lowest BCUT2D eigenvalue weighted by atomic mass is 10.0. The number of halogens is 1. The summed E-state index contributed by atoms with van der Waals surface area (Å²) in [5.41, 5.74) is 10.8. The van der Waals surface area contributed by atoms with Crippen LogP contribution in [0, 0.1) is 12.7 Å². The van der Waals surface area contributed by atoms with Crippen molar-refractivity contribution in [3.63, 3.8) is 0 Å². The zero-order valence-corrected chi connectivity index (χ0v) is 18.0. The van der Waals surface area contributed by atoms with E-state index < -0.39 is 35.4 Å². The van der Waals surface area contributed by atoms with Crippen molar-refractivity contribution in [1.82, 2.24) is 5.32 Å². The fraction of sp³-hybridized carbons (Fsp3) is 0.571. The molecule has 3 amide bonds. The molecule has 0 aliphatic carbocycles. The second-order valence-electron chi connectivity index (χ2n) is 8.22. The Kier molecular flexibility index (Phi) is 9.55. The van der Waals surface area contributed by atoms with Crippen molar-refractivity contribution in [1.29, 1.82) is 0 Å². The van der Waals surface area contributed by atoms with Crippen molar-refractivity contribution in [2.45, 2.75) is 71.4 Å². The van der Waals surface area contributed by atoms with Gasteiger partial charge in [0, 0.05) is 12.8 Å². The average molecular weight is 426 g/mol. The molecule has 9 heteroatoms. The van der Waals surface area contributed by atoms with Gasteiger partial charge in [0.25, 0.3) is 0 Å². The second kappa shape index (κ2) is 11.4. The van der Waals surface area contributed by atoms with Crippen molar-refractivity contribution in [2.75, 3.05) is 6.61 Å². The van der Waals surface area contributed by atoms with Gasteiger partial charge in [-0.3, -0.25) is 9.59 Å². The number of aryl methyl sites for hydroxylation is 2. The van der Waals surface area contributed by atoms with Crippen LogP contribution in [0.2, 0.25) is 0 Å². The molecule has 1 rings (SSSR count). The Morgan fingerprint density at radius 3 is 2.33 bits per heavy atom. The quantitative estimate of drug-likeness (QED) is 0.501. The van der Waals surface area contributed by atoms with E-state index in [1.807, 2.05) is 0 Å². The molecule has 168 valence electrons. The summed E-state index contributed by atoms with van der Waals surface area (Å²) in [5, 5.41) is 2.63. The molecule has 0 bridgehead atoms. The van der Waals surface area contributed by atoms with E-state index in [2.05, 4.69) is 5.32 Å². The van der Waals surface area contributed by atoms with E-state index in [1.54, 1.807) is 39.8 Å². The van der Waals surface area contributed by atoms with E-state index in [4.69, 9.17) is 20.9 Å². The highest BCUT2D eigenvalue weighted by Crippen LogP contribution is 2.25. The van der Waals surface area contributed by atoms with E-state index in [-0.39, 0.29) is 31.6 Å². The number of nitrogens with one attached hydrogen (secondary N) is 1. The number of ether oxygens (including phenoxy) is 2. The SMILES string of the molecule is Cc1cc(CCCC(N)=O)c(F)c(OCC(CCC(N)=O)NC(=O)OC(C)(C)C)c1. The normalized spacial score (nSPS) is 12.2. The van der Waals surface area contributed by atoms with Gasteiger partial charge in [0.15, 0.2) is 11.6 Å². The minimum atomic E-state index is -0.693. The lowest BCUT2D eigenvalue weighted by Gasteiger charge is -2.24. The molecule has 0 spiro atoms. The highest BCUT2D eigenvalue weighted by atomic mass is 19.1. The second-order valence-corrected chi connectivity index (χ2v) is 8.22. The molecule has 8 nitrogen and oxygen atoms in total. The Hall–Kier alpha value is -2.84. The standard InChI is InChI=1S/C21H32FN3O5/c1-13-10-14(6-5-7-17(23)26)19(22)16(11-13)29-12-15(8-9-18(24)27)25-20(28)30-21(2,3)4/h10-11,15H,5-9,12H2,1-4H3,(H2,23,26)(H2,24,27)(H,25,28). The number of carbonyl (C=O) groups is 3. The molecule has 1 aromatic rings. The number of carbonyl (C=O) groups excluding carboxylic acids is 3. The fourth-order valence-corrected chi connectivity index (χ4v) is 2.73. The summed E-state index contributed by atoms with van der Waals surface area (Å²) in [5.74, 6) is -1.47. The number of hydrogen-bond acceptors (Lipinski definition) is 5. The first-order chi connectivity index (χ1) is 13.9. The third-order valence-electron chi connectivity index (χ3n) is 4.03. The molecule has 30 heavy (non-hydrogen) atoms. The van der Waals surface area contributed by atoms with Gasteiger partial charge in [0.2, 0.25) is 11.8 Å². The van der Waals surface area contributed by atoms with Crippen molar-refractivity contribution in [3.05, 3.63) is 29.1 Å². The Balaban J connectivity index is 2.85. The number of benzene rings is 1. The van der Waals surface area contributed by atoms with Gasteiger partial charge in [0.05, 0.1) is 6.04 Å². The summed E-state index contributed by atoms with van der Waals surface area (Å²) < 4.78 is 25.6. The first kappa shape index (κ1) is 25.2. The molecular formula is C21H32FN3O5. The van der Waals surface area contributed by atoms with E-state index in [9.17, 15) is 18.8 Å². The van der Waals surface area contributed by atoms with Crippen molar-refractivity contribution >= 4 is 17.9 Å². The predicted octanol–water partition coefficient (Wildman–Crippen LogP) is 2.48. The van der Waals surface area contributed by atoms with E-state index in [0.717, 1.165) is 5.56 Å². The number of rotatable bonds is 11. The smallest absolute Gasteiger partial charge is 0.407 e. The maximum Gasteiger partial charge on any atom is 0.407 e. The molecule has 0 saturated heterocycles. The molecule has 0 aliphatic heterocycles. The van der Waals surface area contributed by atoms with Crippen molar-refractivity contribution in [2.24, 2.45) is 11.5 Å². The van der Waals surface area contributed by atoms with Gasteiger partial charge in [-0.1, -0.05) is 6.07 Å². The zero-order valence-electron chi connectivity index (χ0n) is 18.0. The Labute approximate surface area is 176 Å². The van der Waals surface area contributed by atoms with Crippen LogP contribution in [0.1, 0.15) is 57.6 Å². The number of nitrogens with two attached hydrogens (primary N) is 2. The largest absolute Gasteiger partial charge is 0.488 e. The molecule has 0 saturated carbocycles. The fourth-order valence-electron chi connectivity index (χ4n) is 2.73. The third kappa shape index (κ3) is 10.1. The molecule has 1 unspecified atom stereocenters. The minimum Gasteiger partial charge on any atom is -0.488 e. The highest BCUT2D eigenvalue weighted by Gasteiger charge is 2.21. The van der Waals surface area contributed by atoms with Gasteiger partial charge in [-0.25, -0.2) is 9.18 Å². The van der Waals surface area contributed by atoms with Crippen molar-refractivity contribution < 1.29 is 28.2 Å². The molecule has 0 aromatic heterocycles. The van der Waals surface area contributed by atoms with Crippen molar-refractivity contribution in [3.8, 4) is 5.75 Å². The molecule has 0 fully saturated rings. The number of primary amides is 2. The number of hydrogen-bond donors (Lipinski definition) is 3. The third-order valence-corrected chi connectivity index (χ3v) is 4.03. The Morgan fingerprint density at radius 2 is 1.77 bits per heavy atom. The summed E-state index contributed by atoms with van der Waals surface area (Å²) in [6.45, 7) is 6.90. The van der Waals surface area contributed by atoms with Crippen LogP contribution in [0.4, 0.5) is 9.18 Å². The molecule has 1 aromatic carbocycles. The Bertz CT molecular complexity index is 762. The van der Waals surface area contributed by atoms with Gasteiger partial charge in [0.1, 0.15) is 12.2 Å². The monoisotopic (exact) mass is 425 g/mol.